The molecule has 2 aromatic rings. The predicted molar refractivity (Wildman–Crippen MR) is 87.4 cm³/mol. The number of nitrogens with zero attached hydrogens (tertiary/aromatic N) is 2. The quantitative estimate of drug-likeness (QED) is 0.709. The summed E-state index contributed by atoms with van der Waals surface area (Å²) in [5.41, 5.74) is 1.78. The molecule has 0 bridgehead atoms. The number of benzene rings is 1. The van der Waals surface area contributed by atoms with Crippen molar-refractivity contribution in [2.75, 3.05) is 6.61 Å². The van der Waals surface area contributed by atoms with E-state index in [1.807, 2.05) is 26.0 Å². The third-order valence-electron chi connectivity index (χ3n) is 3.17. The number of halogens is 2. The average molecular weight is 360 g/mol. The van der Waals surface area contributed by atoms with Crippen LogP contribution >= 0.6 is 27.5 Å². The third kappa shape index (κ3) is 3.35. The molecule has 0 fully saturated rings. The summed E-state index contributed by atoms with van der Waals surface area (Å²) in [5, 5.41) is -0.140. The number of imidazole rings is 1. The Balaban J connectivity index is 2.53. The maximum atomic E-state index is 6.29. The van der Waals surface area contributed by atoms with Gasteiger partial charge in [-0.3, -0.25) is 0 Å². The molecule has 0 aliphatic rings. The topological polar surface area (TPSA) is 27.1 Å². The first-order valence-electron chi connectivity index (χ1n) is 6.78. The molecule has 0 saturated carbocycles. The SMILES string of the molecule is CCOC(C)(C)Cn1c(C(C)Cl)nc2ccc(Br)cc21. The van der Waals surface area contributed by atoms with Gasteiger partial charge in [-0.25, -0.2) is 4.98 Å². The van der Waals surface area contributed by atoms with Gasteiger partial charge in [0.05, 0.1) is 28.6 Å². The van der Waals surface area contributed by atoms with E-state index in [9.17, 15) is 0 Å². The van der Waals surface area contributed by atoms with Gasteiger partial charge in [0.1, 0.15) is 5.82 Å². The van der Waals surface area contributed by atoms with Crippen LogP contribution in [0.2, 0.25) is 0 Å². The molecule has 1 heterocycles. The molecular weight excluding hydrogens is 340 g/mol. The van der Waals surface area contributed by atoms with E-state index >= 15 is 0 Å². The second-order valence-corrected chi connectivity index (χ2v) is 7.07. The van der Waals surface area contributed by atoms with Gasteiger partial charge in [0, 0.05) is 11.1 Å². The fourth-order valence-corrected chi connectivity index (χ4v) is 2.92. The molecule has 0 aliphatic carbocycles. The molecular formula is C15H20BrClN2O. The molecule has 0 radical (unpaired) electrons. The van der Waals surface area contributed by atoms with Crippen molar-refractivity contribution in [1.29, 1.82) is 0 Å². The number of ether oxygens (including phenoxy) is 1. The Kier molecular flexibility index (Phi) is 4.77. The molecule has 0 saturated heterocycles. The summed E-state index contributed by atoms with van der Waals surface area (Å²) in [6, 6.07) is 6.08. The third-order valence-corrected chi connectivity index (χ3v) is 3.86. The Hall–Kier alpha value is -0.580. The zero-order valence-corrected chi connectivity index (χ0v) is 14.6. The summed E-state index contributed by atoms with van der Waals surface area (Å²) in [4.78, 5) is 4.65. The first kappa shape index (κ1) is 15.8. The number of fused-ring (bicyclic) bond motifs is 1. The molecule has 3 nitrogen and oxygen atoms in total. The number of rotatable bonds is 5. The number of hydrogen-bond donors (Lipinski definition) is 0. The molecule has 2 rings (SSSR count). The van der Waals surface area contributed by atoms with Crippen molar-refractivity contribution >= 4 is 38.6 Å². The first-order chi connectivity index (χ1) is 9.34. The van der Waals surface area contributed by atoms with Gasteiger partial charge in [-0.1, -0.05) is 15.9 Å². The van der Waals surface area contributed by atoms with Crippen molar-refractivity contribution in [1.82, 2.24) is 9.55 Å². The van der Waals surface area contributed by atoms with E-state index in [0.717, 1.165) is 27.9 Å². The lowest BCUT2D eigenvalue weighted by atomic mass is 10.1. The molecule has 20 heavy (non-hydrogen) atoms. The molecule has 0 N–H and O–H groups in total. The van der Waals surface area contributed by atoms with Crippen molar-refractivity contribution in [3.05, 3.63) is 28.5 Å². The Morgan fingerprint density at radius 3 is 2.75 bits per heavy atom. The highest BCUT2D eigenvalue weighted by Gasteiger charge is 2.23. The second kappa shape index (κ2) is 6.04. The highest BCUT2D eigenvalue weighted by Crippen LogP contribution is 2.28. The van der Waals surface area contributed by atoms with Gasteiger partial charge in [-0.05, 0) is 45.9 Å². The first-order valence-corrected chi connectivity index (χ1v) is 8.00. The van der Waals surface area contributed by atoms with Crippen LogP contribution in [0.3, 0.4) is 0 Å². The molecule has 110 valence electrons. The second-order valence-electron chi connectivity index (χ2n) is 5.50. The molecule has 5 heteroatoms. The van der Waals surface area contributed by atoms with Crippen molar-refractivity contribution < 1.29 is 4.74 Å². The number of alkyl halides is 1. The molecule has 0 aliphatic heterocycles. The monoisotopic (exact) mass is 358 g/mol. The summed E-state index contributed by atoms with van der Waals surface area (Å²) in [6.07, 6.45) is 0. The number of hydrogen-bond acceptors (Lipinski definition) is 2. The van der Waals surface area contributed by atoms with E-state index < -0.39 is 0 Å². The van der Waals surface area contributed by atoms with Crippen LogP contribution in [0, 0.1) is 0 Å². The number of aromatic nitrogens is 2. The van der Waals surface area contributed by atoms with E-state index in [0.29, 0.717) is 6.61 Å². The van der Waals surface area contributed by atoms with Gasteiger partial charge >= 0.3 is 0 Å². The van der Waals surface area contributed by atoms with E-state index in [4.69, 9.17) is 16.3 Å². The van der Waals surface area contributed by atoms with Crippen molar-refractivity contribution in [3.63, 3.8) is 0 Å². The zero-order valence-electron chi connectivity index (χ0n) is 12.3. The smallest absolute Gasteiger partial charge is 0.127 e. The lowest BCUT2D eigenvalue weighted by molar-refractivity contribution is -0.0221. The highest BCUT2D eigenvalue weighted by atomic mass is 79.9. The summed E-state index contributed by atoms with van der Waals surface area (Å²) in [7, 11) is 0. The van der Waals surface area contributed by atoms with Crippen LogP contribution in [0.4, 0.5) is 0 Å². The fraction of sp³-hybridized carbons (Fsp3) is 0.533. The molecule has 0 spiro atoms. The maximum absolute atomic E-state index is 6.29. The Bertz CT molecular complexity index is 607. The van der Waals surface area contributed by atoms with E-state index in [1.54, 1.807) is 0 Å². The minimum atomic E-state index is -0.259. The largest absolute Gasteiger partial charge is 0.374 e. The van der Waals surface area contributed by atoms with Crippen LogP contribution in [-0.4, -0.2) is 21.8 Å². The Morgan fingerprint density at radius 1 is 1.45 bits per heavy atom. The summed E-state index contributed by atoms with van der Waals surface area (Å²) in [5.74, 6) is 0.882. The van der Waals surface area contributed by atoms with Gasteiger partial charge in [0.2, 0.25) is 0 Å². The molecule has 0 amide bonds. The average Bonchev–Trinajstić information content (AvgIpc) is 2.67. The summed E-state index contributed by atoms with van der Waals surface area (Å²) < 4.78 is 9.01. The van der Waals surface area contributed by atoms with Gasteiger partial charge in [0.15, 0.2) is 0 Å². The van der Waals surface area contributed by atoms with E-state index in [1.165, 1.54) is 0 Å². The van der Waals surface area contributed by atoms with Crippen LogP contribution in [0.5, 0.6) is 0 Å². The molecule has 1 atom stereocenters. The van der Waals surface area contributed by atoms with Crippen molar-refractivity contribution in [2.45, 2.75) is 45.2 Å². The van der Waals surface area contributed by atoms with Crippen LogP contribution < -0.4 is 0 Å². The fourth-order valence-electron chi connectivity index (χ4n) is 2.40. The van der Waals surface area contributed by atoms with Crippen LogP contribution in [0.25, 0.3) is 11.0 Å². The lowest BCUT2D eigenvalue weighted by Gasteiger charge is -2.26. The molecule has 1 aromatic heterocycles. The van der Waals surface area contributed by atoms with E-state index in [-0.39, 0.29) is 11.0 Å². The summed E-state index contributed by atoms with van der Waals surface area (Å²) in [6.45, 7) is 9.54. The minimum Gasteiger partial charge on any atom is -0.374 e. The molecule has 1 unspecified atom stereocenters. The predicted octanol–water partition coefficient (Wildman–Crippen LogP) is 4.91. The van der Waals surface area contributed by atoms with Gasteiger partial charge in [0.25, 0.3) is 0 Å². The van der Waals surface area contributed by atoms with Crippen molar-refractivity contribution in [3.8, 4) is 0 Å². The Labute approximate surface area is 133 Å². The van der Waals surface area contributed by atoms with Crippen LogP contribution in [0.1, 0.15) is 38.9 Å². The van der Waals surface area contributed by atoms with Crippen molar-refractivity contribution in [2.24, 2.45) is 0 Å². The van der Waals surface area contributed by atoms with Gasteiger partial charge in [-0.2, -0.15) is 0 Å². The van der Waals surface area contributed by atoms with Gasteiger partial charge in [-0.15, -0.1) is 11.6 Å². The minimum absolute atomic E-state index is 0.140. The Morgan fingerprint density at radius 2 is 2.15 bits per heavy atom. The summed E-state index contributed by atoms with van der Waals surface area (Å²) >= 11 is 9.81. The maximum Gasteiger partial charge on any atom is 0.127 e. The normalized spacial score (nSPS) is 13.9. The highest BCUT2D eigenvalue weighted by molar-refractivity contribution is 9.10. The molecule has 1 aromatic carbocycles. The lowest BCUT2D eigenvalue weighted by Crippen LogP contribution is -2.31. The van der Waals surface area contributed by atoms with Gasteiger partial charge < -0.3 is 9.30 Å². The zero-order chi connectivity index (χ0) is 14.9. The standard InChI is InChI=1S/C15H20BrClN2O/c1-5-20-15(3,4)9-19-13-8-11(16)6-7-12(13)18-14(19)10(2)17/h6-8,10H,5,9H2,1-4H3. The van der Waals surface area contributed by atoms with E-state index in [2.05, 4.69) is 45.4 Å². The van der Waals surface area contributed by atoms with Crippen LogP contribution in [0.15, 0.2) is 22.7 Å². The van der Waals surface area contributed by atoms with Crippen LogP contribution in [-0.2, 0) is 11.3 Å².